The lowest BCUT2D eigenvalue weighted by Crippen LogP contribution is -2.45. The summed E-state index contributed by atoms with van der Waals surface area (Å²) >= 11 is 0. The Kier molecular flexibility index (Phi) is 5.87. The van der Waals surface area contributed by atoms with Gasteiger partial charge in [-0.3, -0.25) is 9.59 Å². The zero-order valence-electron chi connectivity index (χ0n) is 8.83. The molecule has 0 unspecified atom stereocenters. The first kappa shape index (κ1) is 12.9. The number of amides is 2. The lowest BCUT2D eigenvalue weighted by molar-refractivity contribution is -0.139. The highest BCUT2D eigenvalue weighted by molar-refractivity contribution is 6.35. The van der Waals surface area contributed by atoms with E-state index in [-0.39, 0.29) is 12.6 Å². The van der Waals surface area contributed by atoms with Gasteiger partial charge in [-0.25, -0.2) is 0 Å². The smallest absolute Gasteiger partial charge is 0.309 e. The third kappa shape index (κ3) is 5.53. The van der Waals surface area contributed by atoms with Crippen LogP contribution in [0.3, 0.4) is 0 Å². The molecule has 2 atom stereocenters. The van der Waals surface area contributed by atoms with Crippen molar-refractivity contribution in [3.63, 3.8) is 0 Å². The van der Waals surface area contributed by atoms with Crippen molar-refractivity contribution >= 4 is 11.8 Å². The van der Waals surface area contributed by atoms with Crippen molar-refractivity contribution in [1.82, 2.24) is 10.6 Å². The molecule has 0 saturated carbocycles. The molecule has 0 heterocycles. The van der Waals surface area contributed by atoms with E-state index in [1.54, 1.807) is 0 Å². The summed E-state index contributed by atoms with van der Waals surface area (Å²) in [4.78, 5) is 22.2. The highest BCUT2D eigenvalue weighted by Crippen LogP contribution is 1.87. The van der Waals surface area contributed by atoms with Crippen LogP contribution in [0.15, 0.2) is 0 Å². The number of carbonyl (C=O) groups is 2. The zero-order chi connectivity index (χ0) is 11.1. The molecular formula is C9H18N2O3. The largest absolute Gasteiger partial charge is 0.392 e. The van der Waals surface area contributed by atoms with Crippen LogP contribution >= 0.6 is 0 Å². The predicted octanol–water partition coefficient (Wildman–Crippen LogP) is -0.602. The summed E-state index contributed by atoms with van der Waals surface area (Å²) in [5, 5.41) is 13.7. The van der Waals surface area contributed by atoms with E-state index < -0.39 is 17.9 Å². The number of aliphatic hydroxyl groups excluding tert-OH is 1. The van der Waals surface area contributed by atoms with E-state index in [9.17, 15) is 9.59 Å². The van der Waals surface area contributed by atoms with Crippen LogP contribution < -0.4 is 10.6 Å². The van der Waals surface area contributed by atoms with Crippen LogP contribution in [0.1, 0.15) is 27.2 Å². The van der Waals surface area contributed by atoms with Crippen molar-refractivity contribution < 1.29 is 14.7 Å². The molecule has 3 N–H and O–H groups in total. The average molecular weight is 202 g/mol. The van der Waals surface area contributed by atoms with E-state index in [0.29, 0.717) is 0 Å². The first-order valence-electron chi connectivity index (χ1n) is 4.74. The fraction of sp³-hybridized carbons (Fsp3) is 0.778. The Hall–Kier alpha value is -1.10. The Morgan fingerprint density at radius 2 is 1.86 bits per heavy atom. The van der Waals surface area contributed by atoms with Gasteiger partial charge in [-0.05, 0) is 20.3 Å². The molecule has 5 nitrogen and oxygen atoms in total. The molecule has 0 aromatic carbocycles. The highest BCUT2D eigenvalue weighted by Gasteiger charge is 2.14. The number of nitrogens with one attached hydrogen (secondary N) is 2. The maximum absolute atomic E-state index is 11.1. The summed E-state index contributed by atoms with van der Waals surface area (Å²) in [7, 11) is 0. The molecule has 0 fully saturated rings. The van der Waals surface area contributed by atoms with Crippen LogP contribution in [-0.2, 0) is 9.59 Å². The molecule has 0 aliphatic carbocycles. The van der Waals surface area contributed by atoms with E-state index >= 15 is 0 Å². The van der Waals surface area contributed by atoms with Crippen LogP contribution in [0.5, 0.6) is 0 Å². The van der Waals surface area contributed by atoms with Gasteiger partial charge in [0, 0.05) is 12.6 Å². The summed E-state index contributed by atoms with van der Waals surface area (Å²) < 4.78 is 0. The topological polar surface area (TPSA) is 78.4 Å². The Balaban J connectivity index is 3.82. The lowest BCUT2D eigenvalue weighted by Gasteiger charge is -2.11. The molecule has 0 bridgehead atoms. The number of hydrogen-bond donors (Lipinski definition) is 3. The highest BCUT2D eigenvalue weighted by atomic mass is 16.3. The van der Waals surface area contributed by atoms with Crippen LogP contribution in [0.4, 0.5) is 0 Å². The van der Waals surface area contributed by atoms with Gasteiger partial charge in [-0.15, -0.1) is 0 Å². The third-order valence-electron chi connectivity index (χ3n) is 1.75. The fourth-order valence-corrected chi connectivity index (χ4v) is 0.712. The minimum absolute atomic E-state index is 0.0141. The molecule has 0 aliphatic rings. The Labute approximate surface area is 83.9 Å². The molecule has 0 aromatic rings. The monoisotopic (exact) mass is 202 g/mol. The number of rotatable bonds is 4. The van der Waals surface area contributed by atoms with E-state index in [2.05, 4.69) is 10.6 Å². The van der Waals surface area contributed by atoms with Gasteiger partial charge in [0.05, 0.1) is 6.10 Å². The second kappa shape index (κ2) is 6.37. The van der Waals surface area contributed by atoms with E-state index in [4.69, 9.17) is 5.11 Å². The maximum Gasteiger partial charge on any atom is 0.309 e. The maximum atomic E-state index is 11.1. The van der Waals surface area contributed by atoms with Crippen molar-refractivity contribution in [1.29, 1.82) is 0 Å². The number of hydrogen-bond acceptors (Lipinski definition) is 3. The van der Waals surface area contributed by atoms with Gasteiger partial charge in [0.1, 0.15) is 0 Å². The molecule has 0 saturated heterocycles. The minimum Gasteiger partial charge on any atom is -0.392 e. The van der Waals surface area contributed by atoms with E-state index in [0.717, 1.165) is 6.42 Å². The molecule has 14 heavy (non-hydrogen) atoms. The lowest BCUT2D eigenvalue weighted by atomic mass is 10.2. The normalized spacial score (nSPS) is 14.3. The molecule has 82 valence electrons. The molecule has 0 rings (SSSR count). The van der Waals surface area contributed by atoms with Crippen LogP contribution in [0.2, 0.25) is 0 Å². The SMILES string of the molecule is CC[C@@H](C)NC(=O)C(=O)NC[C@H](C)O. The van der Waals surface area contributed by atoms with Crippen LogP contribution in [0, 0.1) is 0 Å². The standard InChI is InChI=1S/C9H18N2O3/c1-4-6(2)11-9(14)8(13)10-5-7(3)12/h6-7,12H,4-5H2,1-3H3,(H,10,13)(H,11,14)/t6-,7+/m1/s1. The molecule has 0 radical (unpaired) electrons. The molecule has 0 aromatic heterocycles. The molecule has 5 heteroatoms. The summed E-state index contributed by atoms with van der Waals surface area (Å²) in [6, 6.07) is -0.0141. The summed E-state index contributed by atoms with van der Waals surface area (Å²) in [6.07, 6.45) is 0.130. The van der Waals surface area contributed by atoms with Gasteiger partial charge >= 0.3 is 11.8 Å². The molecule has 2 amide bonds. The first-order chi connectivity index (χ1) is 6.47. The third-order valence-corrected chi connectivity index (χ3v) is 1.75. The predicted molar refractivity (Wildman–Crippen MR) is 52.6 cm³/mol. The Bertz CT molecular complexity index is 204. The Morgan fingerprint density at radius 1 is 1.29 bits per heavy atom. The summed E-state index contributed by atoms with van der Waals surface area (Å²) in [5.74, 6) is -1.36. The number of aliphatic hydroxyl groups is 1. The molecular weight excluding hydrogens is 184 g/mol. The fourth-order valence-electron chi connectivity index (χ4n) is 0.712. The van der Waals surface area contributed by atoms with Gasteiger partial charge in [0.15, 0.2) is 0 Å². The van der Waals surface area contributed by atoms with Crippen LogP contribution in [0.25, 0.3) is 0 Å². The van der Waals surface area contributed by atoms with Gasteiger partial charge in [0.25, 0.3) is 0 Å². The van der Waals surface area contributed by atoms with Crippen molar-refractivity contribution in [2.75, 3.05) is 6.54 Å². The van der Waals surface area contributed by atoms with Crippen molar-refractivity contribution in [2.24, 2.45) is 0 Å². The second-order valence-electron chi connectivity index (χ2n) is 3.34. The van der Waals surface area contributed by atoms with Gasteiger partial charge in [-0.2, -0.15) is 0 Å². The van der Waals surface area contributed by atoms with E-state index in [1.807, 2.05) is 13.8 Å². The summed E-state index contributed by atoms with van der Waals surface area (Å²) in [6.45, 7) is 5.36. The van der Waals surface area contributed by atoms with Crippen molar-refractivity contribution in [2.45, 2.75) is 39.3 Å². The van der Waals surface area contributed by atoms with Crippen molar-refractivity contribution in [3.8, 4) is 0 Å². The second-order valence-corrected chi connectivity index (χ2v) is 3.34. The zero-order valence-corrected chi connectivity index (χ0v) is 8.83. The molecule has 0 aliphatic heterocycles. The first-order valence-corrected chi connectivity index (χ1v) is 4.74. The number of carbonyl (C=O) groups excluding carboxylic acids is 2. The summed E-state index contributed by atoms with van der Waals surface area (Å²) in [5.41, 5.74) is 0. The van der Waals surface area contributed by atoms with E-state index in [1.165, 1.54) is 6.92 Å². The van der Waals surface area contributed by atoms with Gasteiger partial charge in [-0.1, -0.05) is 6.92 Å². The quantitative estimate of drug-likeness (QED) is 0.533. The minimum atomic E-state index is -0.703. The van der Waals surface area contributed by atoms with Crippen molar-refractivity contribution in [3.05, 3.63) is 0 Å². The Morgan fingerprint density at radius 3 is 2.29 bits per heavy atom. The van der Waals surface area contributed by atoms with Gasteiger partial charge < -0.3 is 15.7 Å². The van der Waals surface area contributed by atoms with Crippen LogP contribution in [-0.4, -0.2) is 35.6 Å². The van der Waals surface area contributed by atoms with Gasteiger partial charge in [0.2, 0.25) is 0 Å². The average Bonchev–Trinajstić information content (AvgIpc) is 2.13. The molecule has 0 spiro atoms.